The summed E-state index contributed by atoms with van der Waals surface area (Å²) in [6.07, 6.45) is 3.87. The summed E-state index contributed by atoms with van der Waals surface area (Å²) in [6.45, 7) is 2.88. The molecule has 0 atom stereocenters. The fraction of sp³-hybridized carbons (Fsp3) is 0.278. The molecule has 0 amide bonds. The second kappa shape index (κ2) is 5.96. The number of nitrogens with two attached hydrogens (primary N) is 1. The van der Waals surface area contributed by atoms with Crippen LogP contribution in [-0.4, -0.2) is 48.1 Å². The van der Waals surface area contributed by atoms with Gasteiger partial charge in [-0.05, 0) is 24.3 Å². The lowest BCUT2D eigenvalue weighted by Crippen LogP contribution is -2.41. The van der Waals surface area contributed by atoms with E-state index in [1.807, 2.05) is 24.4 Å². The Kier molecular flexibility index (Phi) is 3.58. The lowest BCUT2D eigenvalue weighted by Gasteiger charge is -2.30. The van der Waals surface area contributed by atoms with Crippen LogP contribution in [0.3, 0.4) is 0 Å². The van der Waals surface area contributed by atoms with E-state index in [9.17, 15) is 0 Å². The fourth-order valence-electron chi connectivity index (χ4n) is 3.32. The Morgan fingerprint density at radius 2 is 2.19 bits per heavy atom. The highest BCUT2D eigenvalue weighted by atomic mass is 35.5. The van der Waals surface area contributed by atoms with Crippen molar-refractivity contribution in [1.82, 2.24) is 9.97 Å². The minimum Gasteiger partial charge on any atom is -0.399 e. The highest BCUT2D eigenvalue weighted by Crippen LogP contribution is 2.38. The molecule has 0 radical (unpaired) electrons. The maximum Gasteiger partial charge on any atom is 0.225 e. The third kappa shape index (κ3) is 2.51. The van der Waals surface area contributed by atoms with Crippen molar-refractivity contribution in [3.05, 3.63) is 40.5 Å². The Labute approximate surface area is 155 Å². The number of fused-ring (bicyclic) bond motifs is 3. The van der Waals surface area contributed by atoms with Gasteiger partial charge < -0.3 is 20.7 Å². The van der Waals surface area contributed by atoms with Crippen LogP contribution >= 0.6 is 11.6 Å². The van der Waals surface area contributed by atoms with Crippen LogP contribution in [0.1, 0.15) is 11.1 Å². The van der Waals surface area contributed by atoms with Crippen LogP contribution in [0.5, 0.6) is 0 Å². The van der Waals surface area contributed by atoms with Crippen LogP contribution in [0, 0.1) is 0 Å². The average Bonchev–Trinajstić information content (AvgIpc) is 3.10. The SMILES string of the molecule is Nc1ccc(Cl)c(C2=Cc3cnc(NC4COC4)nc3N3CCN=C23)c1. The first-order valence-electron chi connectivity index (χ1n) is 8.50. The molecule has 0 spiro atoms. The number of aliphatic imine (C=N–C) groups is 1. The number of hydrogen-bond acceptors (Lipinski definition) is 7. The number of ether oxygens (including phenoxy) is 1. The molecule has 0 saturated carbocycles. The third-order valence-corrected chi connectivity index (χ3v) is 5.01. The summed E-state index contributed by atoms with van der Waals surface area (Å²) < 4.78 is 5.19. The van der Waals surface area contributed by atoms with Gasteiger partial charge >= 0.3 is 0 Å². The lowest BCUT2D eigenvalue weighted by atomic mass is 9.98. The minimum absolute atomic E-state index is 0.278. The summed E-state index contributed by atoms with van der Waals surface area (Å²) in [7, 11) is 0. The van der Waals surface area contributed by atoms with Gasteiger partial charge in [0.25, 0.3) is 0 Å². The average molecular weight is 369 g/mol. The summed E-state index contributed by atoms with van der Waals surface area (Å²) in [5.41, 5.74) is 9.39. The van der Waals surface area contributed by atoms with Gasteiger partial charge in [-0.3, -0.25) is 4.99 Å². The molecule has 4 heterocycles. The van der Waals surface area contributed by atoms with Gasteiger partial charge in [-0.15, -0.1) is 0 Å². The van der Waals surface area contributed by atoms with Crippen molar-refractivity contribution < 1.29 is 4.74 Å². The minimum atomic E-state index is 0.278. The van der Waals surface area contributed by atoms with Crippen molar-refractivity contribution in [3.8, 4) is 0 Å². The number of anilines is 3. The molecule has 1 fully saturated rings. The molecule has 0 aliphatic carbocycles. The maximum absolute atomic E-state index is 6.43. The summed E-state index contributed by atoms with van der Waals surface area (Å²) in [5.74, 6) is 2.35. The molecule has 3 N–H and O–H groups in total. The number of halogens is 1. The van der Waals surface area contributed by atoms with Gasteiger partial charge in [0.2, 0.25) is 5.95 Å². The second-order valence-electron chi connectivity index (χ2n) is 6.51. The lowest BCUT2D eigenvalue weighted by molar-refractivity contribution is 0.0208. The Morgan fingerprint density at radius 1 is 1.31 bits per heavy atom. The van der Waals surface area contributed by atoms with Gasteiger partial charge in [0.15, 0.2) is 0 Å². The van der Waals surface area contributed by atoms with Gasteiger partial charge in [-0.1, -0.05) is 11.6 Å². The number of aromatic nitrogens is 2. The van der Waals surface area contributed by atoms with Crippen LogP contribution in [-0.2, 0) is 4.74 Å². The van der Waals surface area contributed by atoms with E-state index in [1.54, 1.807) is 6.07 Å². The Bertz CT molecular complexity index is 953. The van der Waals surface area contributed by atoms with E-state index in [2.05, 4.69) is 20.2 Å². The van der Waals surface area contributed by atoms with E-state index in [1.165, 1.54) is 0 Å². The molecule has 132 valence electrons. The number of benzene rings is 1. The van der Waals surface area contributed by atoms with Gasteiger partial charge in [-0.2, -0.15) is 4.98 Å². The summed E-state index contributed by atoms with van der Waals surface area (Å²) in [6, 6.07) is 5.77. The summed E-state index contributed by atoms with van der Waals surface area (Å²) >= 11 is 6.43. The van der Waals surface area contributed by atoms with Crippen LogP contribution in [0.15, 0.2) is 29.4 Å². The predicted molar refractivity (Wildman–Crippen MR) is 104 cm³/mol. The summed E-state index contributed by atoms with van der Waals surface area (Å²) in [4.78, 5) is 16.0. The highest BCUT2D eigenvalue weighted by Gasteiger charge is 2.31. The molecule has 5 rings (SSSR count). The van der Waals surface area contributed by atoms with Crippen LogP contribution in [0.4, 0.5) is 17.5 Å². The van der Waals surface area contributed by atoms with Crippen molar-refractivity contribution in [2.75, 3.05) is 42.3 Å². The third-order valence-electron chi connectivity index (χ3n) is 4.69. The Balaban J connectivity index is 1.59. The van der Waals surface area contributed by atoms with Crippen LogP contribution in [0.25, 0.3) is 11.6 Å². The molecule has 2 aromatic rings. The molecule has 8 heteroatoms. The zero-order chi connectivity index (χ0) is 17.7. The monoisotopic (exact) mass is 368 g/mol. The largest absolute Gasteiger partial charge is 0.399 e. The van der Waals surface area contributed by atoms with Gasteiger partial charge in [0, 0.05) is 40.2 Å². The zero-order valence-corrected chi connectivity index (χ0v) is 14.7. The number of rotatable bonds is 3. The van der Waals surface area contributed by atoms with E-state index < -0.39 is 0 Å². The van der Waals surface area contributed by atoms with E-state index in [4.69, 9.17) is 27.1 Å². The van der Waals surface area contributed by atoms with Crippen molar-refractivity contribution in [3.63, 3.8) is 0 Å². The molecule has 1 aromatic carbocycles. The highest BCUT2D eigenvalue weighted by molar-refractivity contribution is 6.40. The van der Waals surface area contributed by atoms with E-state index in [-0.39, 0.29) is 6.04 Å². The smallest absolute Gasteiger partial charge is 0.225 e. The Morgan fingerprint density at radius 3 is 3.00 bits per heavy atom. The van der Waals surface area contributed by atoms with Gasteiger partial charge in [0.05, 0.1) is 25.8 Å². The predicted octanol–water partition coefficient (Wildman–Crippen LogP) is 2.30. The second-order valence-corrected chi connectivity index (χ2v) is 6.91. The quantitative estimate of drug-likeness (QED) is 0.808. The number of hydrogen-bond donors (Lipinski definition) is 2. The molecule has 1 aromatic heterocycles. The number of nitrogens with zero attached hydrogens (tertiary/aromatic N) is 4. The number of nitrogens with one attached hydrogen (secondary N) is 1. The first-order valence-corrected chi connectivity index (χ1v) is 8.87. The van der Waals surface area contributed by atoms with Gasteiger partial charge in [0.1, 0.15) is 11.7 Å². The van der Waals surface area contributed by atoms with Crippen molar-refractivity contribution in [2.24, 2.45) is 4.99 Å². The molecule has 1 saturated heterocycles. The standard InChI is InChI=1S/C18H17ClN6O/c19-15-2-1-11(20)6-13(15)14-5-10-7-22-18(23-12-8-26-9-12)24-16(10)25-4-3-21-17(14)25/h1-2,5-7,12H,3-4,8-9,20H2,(H,22,23,24). The van der Waals surface area contributed by atoms with E-state index >= 15 is 0 Å². The van der Waals surface area contributed by atoms with Gasteiger partial charge in [-0.25, -0.2) is 4.98 Å². The first-order chi connectivity index (χ1) is 12.7. The van der Waals surface area contributed by atoms with Crippen LogP contribution in [0.2, 0.25) is 5.02 Å². The first kappa shape index (κ1) is 15.6. The van der Waals surface area contributed by atoms with Crippen molar-refractivity contribution in [1.29, 1.82) is 0 Å². The molecule has 3 aliphatic heterocycles. The molecule has 26 heavy (non-hydrogen) atoms. The van der Waals surface area contributed by atoms with Crippen molar-refractivity contribution in [2.45, 2.75) is 6.04 Å². The molecular weight excluding hydrogens is 352 g/mol. The maximum atomic E-state index is 6.43. The molecular formula is C18H17ClN6O. The molecule has 3 aliphatic rings. The van der Waals surface area contributed by atoms with E-state index in [0.717, 1.165) is 41.4 Å². The molecule has 7 nitrogen and oxygen atoms in total. The van der Waals surface area contributed by atoms with Crippen molar-refractivity contribution >= 4 is 46.5 Å². The Hall–Kier alpha value is -2.64. The molecule has 0 unspecified atom stereocenters. The number of amidine groups is 1. The normalized spacial score (nSPS) is 18.6. The van der Waals surface area contributed by atoms with E-state index in [0.29, 0.717) is 29.9 Å². The zero-order valence-electron chi connectivity index (χ0n) is 13.9. The summed E-state index contributed by atoms with van der Waals surface area (Å²) in [5, 5.41) is 3.94. The molecule has 0 bridgehead atoms. The number of nitrogen functional groups attached to an aromatic ring is 1. The fourth-order valence-corrected chi connectivity index (χ4v) is 3.54. The topological polar surface area (TPSA) is 88.7 Å². The van der Waals surface area contributed by atoms with Crippen LogP contribution < -0.4 is 16.0 Å².